The van der Waals surface area contributed by atoms with E-state index in [9.17, 15) is 4.79 Å². The number of nitrogens with zero attached hydrogens (tertiary/aromatic N) is 2. The number of amides is 1. The van der Waals surface area contributed by atoms with Crippen LogP contribution in [0.5, 0.6) is 0 Å². The lowest BCUT2D eigenvalue weighted by atomic mass is 9.73. The van der Waals surface area contributed by atoms with Gasteiger partial charge in [-0.15, -0.1) is 0 Å². The molecule has 1 aliphatic carbocycles. The van der Waals surface area contributed by atoms with Crippen LogP contribution in [0.4, 0.5) is 0 Å². The number of hydrogen-bond donors (Lipinski definition) is 0. The number of hydrogen-bond acceptors (Lipinski definition) is 3. The zero-order valence-electron chi connectivity index (χ0n) is 14.4. The maximum atomic E-state index is 12.6. The molecular formula is C20H24N2OS. The quantitative estimate of drug-likeness (QED) is 0.827. The first kappa shape index (κ1) is 15.9. The van der Waals surface area contributed by atoms with Crippen molar-refractivity contribution in [3.05, 3.63) is 57.8 Å². The predicted octanol–water partition coefficient (Wildman–Crippen LogP) is 3.93. The van der Waals surface area contributed by atoms with Crippen LogP contribution in [0, 0.1) is 0 Å². The number of fused-ring (bicyclic) bond motifs is 2. The van der Waals surface area contributed by atoms with Gasteiger partial charge in [0.25, 0.3) is 5.91 Å². The molecule has 0 bridgehead atoms. The zero-order valence-corrected chi connectivity index (χ0v) is 15.2. The van der Waals surface area contributed by atoms with Crippen LogP contribution in [0.25, 0.3) is 0 Å². The van der Waals surface area contributed by atoms with E-state index in [1.54, 1.807) is 11.3 Å². The van der Waals surface area contributed by atoms with Crippen molar-refractivity contribution in [1.82, 2.24) is 9.80 Å². The fourth-order valence-corrected chi connectivity index (χ4v) is 5.13. The predicted molar refractivity (Wildman–Crippen MR) is 98.6 cm³/mol. The molecule has 2 aliphatic rings. The highest BCUT2D eigenvalue weighted by Gasteiger charge is 2.46. The lowest BCUT2D eigenvalue weighted by Crippen LogP contribution is -2.44. The van der Waals surface area contributed by atoms with Crippen LogP contribution in [-0.2, 0) is 5.41 Å². The molecule has 4 heteroatoms. The second kappa shape index (κ2) is 6.01. The van der Waals surface area contributed by atoms with Gasteiger partial charge in [0, 0.05) is 29.9 Å². The minimum atomic E-state index is 0.196. The van der Waals surface area contributed by atoms with Gasteiger partial charge in [-0.1, -0.05) is 24.3 Å². The van der Waals surface area contributed by atoms with Crippen LogP contribution in [0.3, 0.4) is 0 Å². The van der Waals surface area contributed by atoms with Gasteiger partial charge >= 0.3 is 0 Å². The van der Waals surface area contributed by atoms with Crippen molar-refractivity contribution in [1.29, 1.82) is 0 Å². The highest BCUT2D eigenvalue weighted by atomic mass is 32.1. The summed E-state index contributed by atoms with van der Waals surface area (Å²) in [6.07, 6.45) is 3.33. The van der Waals surface area contributed by atoms with Crippen molar-refractivity contribution >= 4 is 17.2 Å². The van der Waals surface area contributed by atoms with Crippen LogP contribution in [-0.4, -0.2) is 42.9 Å². The van der Waals surface area contributed by atoms with Crippen LogP contribution >= 0.6 is 11.3 Å². The third-order valence-electron chi connectivity index (χ3n) is 5.87. The minimum absolute atomic E-state index is 0.196. The molecule has 3 nitrogen and oxygen atoms in total. The summed E-state index contributed by atoms with van der Waals surface area (Å²) in [6, 6.07) is 11.4. The average Bonchev–Trinajstić information content (AvgIpc) is 3.23. The molecule has 126 valence electrons. The Balaban J connectivity index is 1.56. The molecule has 2 heterocycles. The Kier molecular flexibility index (Phi) is 3.97. The topological polar surface area (TPSA) is 23.6 Å². The number of benzene rings is 1. The third kappa shape index (κ3) is 2.49. The van der Waals surface area contributed by atoms with E-state index in [0.29, 0.717) is 6.04 Å². The Morgan fingerprint density at radius 2 is 1.96 bits per heavy atom. The van der Waals surface area contributed by atoms with E-state index in [4.69, 9.17) is 0 Å². The Bertz CT molecular complexity index is 730. The van der Waals surface area contributed by atoms with Gasteiger partial charge in [-0.25, -0.2) is 0 Å². The second-order valence-electron chi connectivity index (χ2n) is 7.36. The number of likely N-dealkylation sites (tertiary alicyclic amines) is 1. The average molecular weight is 340 g/mol. The van der Waals surface area contributed by atoms with E-state index in [1.165, 1.54) is 17.5 Å². The van der Waals surface area contributed by atoms with Crippen molar-refractivity contribution in [3.63, 3.8) is 0 Å². The van der Waals surface area contributed by atoms with E-state index >= 15 is 0 Å². The Hall–Kier alpha value is -1.65. The smallest absolute Gasteiger partial charge is 0.254 e. The normalized spacial score (nSPS) is 22.1. The van der Waals surface area contributed by atoms with Crippen molar-refractivity contribution in [2.75, 3.05) is 27.2 Å². The maximum absolute atomic E-state index is 12.6. The molecule has 24 heavy (non-hydrogen) atoms. The lowest BCUT2D eigenvalue weighted by molar-refractivity contribution is 0.0653. The summed E-state index contributed by atoms with van der Waals surface area (Å²) in [5, 5.41) is 3.94. The second-order valence-corrected chi connectivity index (χ2v) is 8.14. The largest absolute Gasteiger partial charge is 0.339 e. The van der Waals surface area contributed by atoms with Crippen molar-refractivity contribution in [2.24, 2.45) is 0 Å². The molecule has 1 atom stereocenters. The van der Waals surface area contributed by atoms with Crippen molar-refractivity contribution in [3.8, 4) is 0 Å². The molecule has 1 fully saturated rings. The number of rotatable bonds is 2. The highest BCUT2D eigenvalue weighted by Crippen LogP contribution is 2.52. The van der Waals surface area contributed by atoms with Crippen LogP contribution in [0.2, 0.25) is 0 Å². The number of carbonyl (C=O) groups excluding carboxylic acids is 1. The molecule has 1 spiro atoms. The molecule has 0 saturated carbocycles. The summed E-state index contributed by atoms with van der Waals surface area (Å²) in [4.78, 5) is 17.0. The van der Waals surface area contributed by atoms with Gasteiger partial charge < -0.3 is 9.80 Å². The van der Waals surface area contributed by atoms with E-state index in [0.717, 1.165) is 31.5 Å². The molecular weight excluding hydrogens is 316 g/mol. The monoisotopic (exact) mass is 340 g/mol. The van der Waals surface area contributed by atoms with Gasteiger partial charge in [0.1, 0.15) is 0 Å². The molecule has 0 unspecified atom stereocenters. The highest BCUT2D eigenvalue weighted by molar-refractivity contribution is 7.08. The molecule has 1 aromatic carbocycles. The fraction of sp³-hybridized carbons (Fsp3) is 0.450. The Labute approximate surface area is 147 Å². The first-order valence-electron chi connectivity index (χ1n) is 8.68. The van der Waals surface area contributed by atoms with E-state index in [1.807, 2.05) is 21.7 Å². The van der Waals surface area contributed by atoms with Gasteiger partial charge in [0.15, 0.2) is 0 Å². The van der Waals surface area contributed by atoms with E-state index < -0.39 is 0 Å². The summed E-state index contributed by atoms with van der Waals surface area (Å²) < 4.78 is 0. The Morgan fingerprint density at radius 3 is 2.62 bits per heavy atom. The third-order valence-corrected chi connectivity index (χ3v) is 6.56. The van der Waals surface area contributed by atoms with Gasteiger partial charge in [0.2, 0.25) is 0 Å². The molecule has 2 aromatic rings. The summed E-state index contributed by atoms with van der Waals surface area (Å²) in [5.41, 5.74) is 4.09. The molecule has 1 saturated heterocycles. The molecule has 1 aromatic heterocycles. The first-order chi connectivity index (χ1) is 11.6. The minimum Gasteiger partial charge on any atom is -0.339 e. The van der Waals surface area contributed by atoms with Crippen LogP contribution in [0.1, 0.15) is 46.8 Å². The summed E-state index contributed by atoms with van der Waals surface area (Å²) in [5.74, 6) is 0.196. The number of thiophene rings is 1. The molecule has 0 N–H and O–H groups in total. The van der Waals surface area contributed by atoms with E-state index in [2.05, 4.69) is 43.3 Å². The zero-order chi connectivity index (χ0) is 16.7. The standard InChI is InChI=1S/C20H24N2OS/c1-21(2)18-13-20(17-6-4-3-5-16(17)18)8-10-22(11-9-20)19(23)15-7-12-24-14-15/h3-7,12,14,18H,8-11,13H2,1-2H3/t18-/m1/s1. The molecule has 1 aliphatic heterocycles. The van der Waals surface area contributed by atoms with Gasteiger partial charge in [-0.3, -0.25) is 4.79 Å². The van der Waals surface area contributed by atoms with Crippen molar-refractivity contribution < 1.29 is 4.79 Å². The van der Waals surface area contributed by atoms with E-state index in [-0.39, 0.29) is 11.3 Å². The van der Waals surface area contributed by atoms with Gasteiger partial charge in [-0.2, -0.15) is 11.3 Å². The maximum Gasteiger partial charge on any atom is 0.254 e. The van der Waals surface area contributed by atoms with Gasteiger partial charge in [0.05, 0.1) is 5.56 Å². The Morgan fingerprint density at radius 1 is 1.21 bits per heavy atom. The summed E-state index contributed by atoms with van der Waals surface area (Å²) >= 11 is 1.59. The summed E-state index contributed by atoms with van der Waals surface area (Å²) in [7, 11) is 4.35. The fourth-order valence-electron chi connectivity index (χ4n) is 4.50. The lowest BCUT2D eigenvalue weighted by Gasteiger charge is -2.40. The van der Waals surface area contributed by atoms with Crippen LogP contribution in [0.15, 0.2) is 41.1 Å². The first-order valence-corrected chi connectivity index (χ1v) is 9.62. The molecule has 0 radical (unpaired) electrons. The number of carbonyl (C=O) groups is 1. The SMILES string of the molecule is CN(C)[C@@H]1CC2(CCN(C(=O)c3ccsc3)CC2)c2ccccc21. The molecule has 4 rings (SSSR count). The van der Waals surface area contributed by atoms with Crippen LogP contribution < -0.4 is 0 Å². The van der Waals surface area contributed by atoms with Gasteiger partial charge in [-0.05, 0) is 55.9 Å². The summed E-state index contributed by atoms with van der Waals surface area (Å²) in [6.45, 7) is 1.73. The molecule has 1 amide bonds. The van der Waals surface area contributed by atoms with Crippen molar-refractivity contribution in [2.45, 2.75) is 30.7 Å². The number of piperidine rings is 1.